The minimum absolute atomic E-state index is 0.0264. The van der Waals surface area contributed by atoms with E-state index in [4.69, 9.17) is 11.6 Å². The average molecular weight is 614 g/mol. The Hall–Kier alpha value is -3.27. The Labute approximate surface area is 252 Å². The van der Waals surface area contributed by atoms with Crippen LogP contribution in [0, 0.1) is 18.7 Å². The van der Waals surface area contributed by atoms with Gasteiger partial charge in [-0.15, -0.1) is 0 Å². The Kier molecular flexibility index (Phi) is 10.4. The monoisotopic (exact) mass is 613 g/mol. The van der Waals surface area contributed by atoms with Crippen LogP contribution in [0.3, 0.4) is 0 Å². The van der Waals surface area contributed by atoms with Gasteiger partial charge < -0.3 is 9.80 Å². The highest BCUT2D eigenvalue weighted by Gasteiger charge is 2.34. The van der Waals surface area contributed by atoms with Crippen molar-refractivity contribution in [1.29, 1.82) is 0 Å². The second-order valence-corrected chi connectivity index (χ2v) is 13.6. The van der Waals surface area contributed by atoms with Crippen molar-refractivity contribution in [3.8, 4) is 0 Å². The van der Waals surface area contributed by atoms with Crippen LogP contribution in [0.4, 0.5) is 4.39 Å². The number of hydrogen-bond donors (Lipinski definition) is 0. The molecular formula is C32H37ClFN3O4S. The first-order valence-electron chi connectivity index (χ1n) is 14.1. The van der Waals surface area contributed by atoms with E-state index in [1.165, 1.54) is 40.7 Å². The fourth-order valence-electron chi connectivity index (χ4n) is 5.12. The molecule has 7 nitrogen and oxygen atoms in total. The topological polar surface area (TPSA) is 78.0 Å². The van der Waals surface area contributed by atoms with Crippen molar-refractivity contribution < 1.29 is 22.4 Å². The molecule has 1 heterocycles. The van der Waals surface area contributed by atoms with E-state index < -0.39 is 10.0 Å². The summed E-state index contributed by atoms with van der Waals surface area (Å²) in [4.78, 5) is 30.6. The Balaban J connectivity index is 1.55. The van der Waals surface area contributed by atoms with Crippen LogP contribution in [0.1, 0.15) is 48.2 Å². The second-order valence-electron chi connectivity index (χ2n) is 11.2. The highest BCUT2D eigenvalue weighted by Crippen LogP contribution is 2.24. The lowest BCUT2D eigenvalue weighted by Gasteiger charge is -2.39. The van der Waals surface area contributed by atoms with E-state index >= 15 is 0 Å². The summed E-state index contributed by atoms with van der Waals surface area (Å²) >= 11 is 5.98. The number of nitrogens with zero attached hydrogens (tertiary/aromatic N) is 3. The van der Waals surface area contributed by atoms with Gasteiger partial charge in [0, 0.05) is 42.8 Å². The lowest BCUT2D eigenvalue weighted by Crippen LogP contribution is -2.51. The van der Waals surface area contributed by atoms with E-state index in [0.29, 0.717) is 36.5 Å². The van der Waals surface area contributed by atoms with Crippen LogP contribution < -0.4 is 0 Å². The quantitative estimate of drug-likeness (QED) is 0.291. The lowest BCUT2D eigenvalue weighted by molar-refractivity contribution is -0.135. The molecule has 0 aliphatic carbocycles. The van der Waals surface area contributed by atoms with Crippen LogP contribution in [-0.4, -0.2) is 66.6 Å². The van der Waals surface area contributed by atoms with Gasteiger partial charge in [-0.1, -0.05) is 55.3 Å². The zero-order valence-corrected chi connectivity index (χ0v) is 25.7. The van der Waals surface area contributed by atoms with Crippen LogP contribution in [0.5, 0.6) is 0 Å². The van der Waals surface area contributed by atoms with Gasteiger partial charge in [-0.05, 0) is 79.8 Å². The SMILES string of the molecule is Cc1ccc(C(=O)N2CCC(N(Cc3ccc(F)cc3)C(=O)CN(CC(C)C)S(=O)(=O)c3ccc(Cl)cc3)CC2)cc1. The first-order valence-corrected chi connectivity index (χ1v) is 15.9. The van der Waals surface area contributed by atoms with E-state index in [1.807, 2.05) is 45.0 Å². The molecule has 0 saturated carbocycles. The van der Waals surface area contributed by atoms with E-state index in [1.54, 1.807) is 21.9 Å². The summed E-state index contributed by atoms with van der Waals surface area (Å²) in [5.41, 5.74) is 2.43. The van der Waals surface area contributed by atoms with E-state index in [2.05, 4.69) is 0 Å². The van der Waals surface area contributed by atoms with Crippen molar-refractivity contribution in [2.24, 2.45) is 5.92 Å². The fourth-order valence-corrected chi connectivity index (χ4v) is 6.80. The summed E-state index contributed by atoms with van der Waals surface area (Å²) in [5.74, 6) is -0.805. The van der Waals surface area contributed by atoms with Crippen LogP contribution >= 0.6 is 11.6 Å². The van der Waals surface area contributed by atoms with Crippen molar-refractivity contribution in [2.75, 3.05) is 26.2 Å². The first kappa shape index (κ1) is 31.7. The summed E-state index contributed by atoms with van der Waals surface area (Å²) in [6, 6.07) is 19.1. The van der Waals surface area contributed by atoms with E-state index in [9.17, 15) is 22.4 Å². The van der Waals surface area contributed by atoms with Gasteiger partial charge >= 0.3 is 0 Å². The highest BCUT2D eigenvalue weighted by atomic mass is 35.5. The van der Waals surface area contributed by atoms with Gasteiger partial charge in [0.2, 0.25) is 15.9 Å². The second kappa shape index (κ2) is 13.8. The number of halogens is 2. The number of piperidine rings is 1. The van der Waals surface area contributed by atoms with Gasteiger partial charge in [-0.25, -0.2) is 12.8 Å². The van der Waals surface area contributed by atoms with Gasteiger partial charge in [-0.2, -0.15) is 4.31 Å². The maximum Gasteiger partial charge on any atom is 0.253 e. The number of likely N-dealkylation sites (tertiary alicyclic amines) is 1. The number of benzene rings is 3. The molecule has 42 heavy (non-hydrogen) atoms. The van der Waals surface area contributed by atoms with E-state index in [0.717, 1.165) is 11.1 Å². The predicted molar refractivity (Wildman–Crippen MR) is 162 cm³/mol. The molecule has 0 unspecified atom stereocenters. The molecule has 0 aromatic heterocycles. The van der Waals surface area contributed by atoms with Gasteiger partial charge in [0.25, 0.3) is 5.91 Å². The Morgan fingerprint density at radius 3 is 2.12 bits per heavy atom. The van der Waals surface area contributed by atoms with Crippen molar-refractivity contribution in [3.05, 3.63) is 100 Å². The minimum Gasteiger partial charge on any atom is -0.338 e. The predicted octanol–water partition coefficient (Wildman–Crippen LogP) is 5.77. The third-order valence-corrected chi connectivity index (χ3v) is 9.49. The highest BCUT2D eigenvalue weighted by molar-refractivity contribution is 7.89. The first-order chi connectivity index (χ1) is 19.9. The van der Waals surface area contributed by atoms with Crippen LogP contribution in [-0.2, 0) is 21.4 Å². The van der Waals surface area contributed by atoms with Gasteiger partial charge in [0.1, 0.15) is 5.82 Å². The third-order valence-electron chi connectivity index (χ3n) is 7.41. The number of amides is 2. The molecule has 224 valence electrons. The largest absolute Gasteiger partial charge is 0.338 e. The molecule has 3 aromatic carbocycles. The molecule has 10 heteroatoms. The molecule has 1 aliphatic heterocycles. The third kappa shape index (κ3) is 7.96. The van der Waals surface area contributed by atoms with Crippen molar-refractivity contribution in [3.63, 3.8) is 0 Å². The number of carbonyl (C=O) groups is 2. The van der Waals surface area contributed by atoms with Crippen molar-refractivity contribution in [2.45, 2.75) is 51.1 Å². The average Bonchev–Trinajstić information content (AvgIpc) is 2.96. The zero-order chi connectivity index (χ0) is 30.4. The molecule has 0 N–H and O–H groups in total. The van der Waals surface area contributed by atoms with Crippen molar-refractivity contribution >= 4 is 33.4 Å². The number of carbonyl (C=O) groups excluding carboxylic acids is 2. The zero-order valence-electron chi connectivity index (χ0n) is 24.2. The molecule has 3 aromatic rings. The van der Waals surface area contributed by atoms with Gasteiger partial charge in [0.05, 0.1) is 11.4 Å². The Morgan fingerprint density at radius 2 is 1.55 bits per heavy atom. The summed E-state index contributed by atoms with van der Waals surface area (Å²) in [6.07, 6.45) is 1.08. The molecule has 2 amide bonds. The molecule has 0 radical (unpaired) electrons. The van der Waals surface area contributed by atoms with Gasteiger partial charge in [0.15, 0.2) is 0 Å². The van der Waals surface area contributed by atoms with Crippen LogP contribution in [0.15, 0.2) is 77.7 Å². The number of aryl methyl sites for hydroxylation is 1. The molecule has 0 spiro atoms. The summed E-state index contributed by atoms with van der Waals surface area (Å²) in [6.45, 7) is 6.70. The smallest absolute Gasteiger partial charge is 0.253 e. The summed E-state index contributed by atoms with van der Waals surface area (Å²) in [7, 11) is -3.98. The Bertz CT molecular complexity index is 1470. The van der Waals surface area contributed by atoms with Crippen LogP contribution in [0.2, 0.25) is 5.02 Å². The maximum atomic E-state index is 14.0. The number of rotatable bonds is 10. The Morgan fingerprint density at radius 1 is 0.952 bits per heavy atom. The summed E-state index contributed by atoms with van der Waals surface area (Å²) in [5, 5.41) is 0.415. The standard InChI is InChI=1S/C32H37ClFN3O4S/c1-23(2)20-36(42(40,41)30-14-10-27(33)11-15-30)22-31(38)37(21-25-6-12-28(34)13-7-25)29-16-18-35(19-17-29)32(39)26-8-4-24(3)5-9-26/h4-15,23,29H,16-22H2,1-3H3. The number of sulfonamides is 1. The molecular weight excluding hydrogens is 577 g/mol. The molecule has 1 saturated heterocycles. The maximum absolute atomic E-state index is 14.0. The minimum atomic E-state index is -3.98. The van der Waals surface area contributed by atoms with Gasteiger partial charge in [-0.3, -0.25) is 9.59 Å². The molecule has 1 fully saturated rings. The lowest BCUT2D eigenvalue weighted by atomic mass is 10.0. The number of hydrogen-bond acceptors (Lipinski definition) is 4. The molecule has 0 bridgehead atoms. The molecule has 0 atom stereocenters. The summed E-state index contributed by atoms with van der Waals surface area (Å²) < 4.78 is 42.1. The normalized spacial score (nSPS) is 14.4. The fraction of sp³-hybridized carbons (Fsp3) is 0.375. The van der Waals surface area contributed by atoms with E-state index in [-0.39, 0.29) is 54.1 Å². The molecule has 4 rings (SSSR count). The molecule has 1 aliphatic rings. The van der Waals surface area contributed by atoms with Crippen LogP contribution in [0.25, 0.3) is 0 Å². The van der Waals surface area contributed by atoms with Crippen molar-refractivity contribution in [1.82, 2.24) is 14.1 Å².